The van der Waals surface area contributed by atoms with Gasteiger partial charge in [0.25, 0.3) is 0 Å². The van der Waals surface area contributed by atoms with E-state index in [1.54, 1.807) is 12.1 Å². The van der Waals surface area contributed by atoms with Crippen molar-refractivity contribution in [3.8, 4) is 5.75 Å². The zero-order valence-corrected chi connectivity index (χ0v) is 14.1. The molecule has 6 nitrogen and oxygen atoms in total. The number of aromatic nitrogens is 2. The third-order valence-electron chi connectivity index (χ3n) is 4.21. The molecular weight excluding hydrogens is 340 g/mol. The van der Waals surface area contributed by atoms with Crippen LogP contribution in [-0.2, 0) is 0 Å². The van der Waals surface area contributed by atoms with Crippen molar-refractivity contribution in [2.45, 2.75) is 6.92 Å². The van der Waals surface area contributed by atoms with Gasteiger partial charge < -0.3 is 20.1 Å². The van der Waals surface area contributed by atoms with Crippen molar-refractivity contribution in [2.75, 3.05) is 11.4 Å². The number of phenols is 1. The number of H-pyrrole nitrogens is 1. The molecule has 0 saturated heterocycles. The number of hydrogen-bond acceptors (Lipinski definition) is 4. The summed E-state index contributed by atoms with van der Waals surface area (Å²) in [6, 6.07) is 10.4. The number of rotatable bonds is 2. The topological polar surface area (TPSA) is 96.2 Å². The van der Waals surface area contributed by atoms with Crippen LogP contribution in [0.2, 0.25) is 5.02 Å². The first-order valence-electron chi connectivity index (χ1n) is 7.68. The molecular formula is C18H15ClN4O2. The van der Waals surface area contributed by atoms with Gasteiger partial charge in [-0.05, 0) is 42.8 Å². The molecule has 4 rings (SSSR count). The van der Waals surface area contributed by atoms with Gasteiger partial charge >= 0.3 is 0 Å². The lowest BCUT2D eigenvalue weighted by molar-refractivity contribution is 0.410. The summed E-state index contributed by atoms with van der Waals surface area (Å²) in [4.78, 5) is 9.12. The van der Waals surface area contributed by atoms with Crippen molar-refractivity contribution in [1.82, 2.24) is 9.97 Å². The number of halogens is 1. The van der Waals surface area contributed by atoms with E-state index in [0.717, 1.165) is 16.6 Å². The number of anilines is 1. The zero-order valence-electron chi connectivity index (χ0n) is 13.3. The number of nitrogens with zero attached hydrogens (tertiary/aromatic N) is 2. The van der Waals surface area contributed by atoms with E-state index < -0.39 is 0 Å². The Hall–Kier alpha value is -2.99. The van der Waals surface area contributed by atoms with Crippen molar-refractivity contribution < 1.29 is 10.2 Å². The fourth-order valence-electron chi connectivity index (χ4n) is 2.99. The SMILES string of the molecule is Cc1ccc2nc(C3=C(O)CN(c4cc(Cl)ccc4O)C3=N)[nH]c2c1. The van der Waals surface area contributed by atoms with E-state index in [9.17, 15) is 10.2 Å². The fraction of sp³-hybridized carbons (Fsp3) is 0.111. The van der Waals surface area contributed by atoms with Gasteiger partial charge in [0.2, 0.25) is 0 Å². The number of fused-ring (bicyclic) bond motifs is 1. The second-order valence-corrected chi connectivity index (χ2v) is 6.43. The second kappa shape index (κ2) is 5.53. The highest BCUT2D eigenvalue weighted by Crippen LogP contribution is 2.36. The Morgan fingerprint density at radius 2 is 2.00 bits per heavy atom. The monoisotopic (exact) mass is 354 g/mol. The summed E-state index contributed by atoms with van der Waals surface area (Å²) in [6.45, 7) is 2.05. The first-order valence-corrected chi connectivity index (χ1v) is 8.05. The number of aryl methyl sites for hydroxylation is 1. The highest BCUT2D eigenvalue weighted by Gasteiger charge is 2.32. The van der Waals surface area contributed by atoms with Gasteiger partial charge in [0.1, 0.15) is 23.2 Å². The largest absolute Gasteiger partial charge is 0.509 e. The van der Waals surface area contributed by atoms with E-state index in [-0.39, 0.29) is 23.9 Å². The van der Waals surface area contributed by atoms with Crippen LogP contribution in [-0.4, -0.2) is 32.6 Å². The van der Waals surface area contributed by atoms with Crippen LogP contribution in [0, 0.1) is 12.3 Å². The molecule has 3 aromatic rings. The molecule has 0 fully saturated rings. The van der Waals surface area contributed by atoms with E-state index in [1.165, 1.54) is 11.0 Å². The molecule has 0 spiro atoms. The van der Waals surface area contributed by atoms with Crippen LogP contribution >= 0.6 is 11.6 Å². The van der Waals surface area contributed by atoms with E-state index >= 15 is 0 Å². The van der Waals surface area contributed by atoms with Crippen molar-refractivity contribution in [1.29, 1.82) is 5.41 Å². The second-order valence-electron chi connectivity index (χ2n) is 6.00. The molecule has 2 heterocycles. The average molecular weight is 355 g/mol. The number of hydrogen-bond donors (Lipinski definition) is 4. The van der Waals surface area contributed by atoms with Crippen molar-refractivity contribution in [3.63, 3.8) is 0 Å². The van der Waals surface area contributed by atoms with E-state index in [4.69, 9.17) is 17.0 Å². The molecule has 25 heavy (non-hydrogen) atoms. The zero-order chi connectivity index (χ0) is 17.7. The number of aromatic hydroxyl groups is 1. The molecule has 2 aromatic carbocycles. The molecule has 0 saturated carbocycles. The summed E-state index contributed by atoms with van der Waals surface area (Å²) in [5, 5.41) is 29.4. The van der Waals surface area contributed by atoms with Gasteiger partial charge in [-0.15, -0.1) is 0 Å². The summed E-state index contributed by atoms with van der Waals surface area (Å²) in [6.07, 6.45) is 0. The summed E-state index contributed by atoms with van der Waals surface area (Å²) < 4.78 is 0. The lowest BCUT2D eigenvalue weighted by Crippen LogP contribution is -2.26. The molecule has 0 radical (unpaired) electrons. The summed E-state index contributed by atoms with van der Waals surface area (Å²) in [5.41, 5.74) is 3.37. The molecule has 4 N–H and O–H groups in total. The Balaban J connectivity index is 1.76. The maximum absolute atomic E-state index is 10.4. The Bertz CT molecular complexity index is 1050. The minimum absolute atomic E-state index is 0.0107. The quantitative estimate of drug-likeness (QED) is 0.559. The Labute approximate surface area is 148 Å². The smallest absolute Gasteiger partial charge is 0.145 e. The number of nitrogens with one attached hydrogen (secondary N) is 2. The van der Waals surface area contributed by atoms with Gasteiger partial charge in [-0.2, -0.15) is 0 Å². The lowest BCUT2D eigenvalue weighted by atomic mass is 10.2. The number of amidine groups is 1. The summed E-state index contributed by atoms with van der Waals surface area (Å²) >= 11 is 6.00. The number of benzene rings is 2. The lowest BCUT2D eigenvalue weighted by Gasteiger charge is -2.19. The third-order valence-corrected chi connectivity index (χ3v) is 4.44. The maximum Gasteiger partial charge on any atom is 0.145 e. The summed E-state index contributed by atoms with van der Waals surface area (Å²) in [5.74, 6) is 0.474. The minimum Gasteiger partial charge on any atom is -0.509 e. The standard InChI is InChI=1S/C18H15ClN4O2/c1-9-2-4-11-12(6-9)22-18(21-11)16-15(25)8-23(17(16)20)13-7-10(19)3-5-14(13)24/h2-7,20,24-25H,8H2,1H3,(H,21,22). The number of imidazole rings is 1. The van der Waals surface area contributed by atoms with Gasteiger partial charge in [-0.3, -0.25) is 5.41 Å². The van der Waals surface area contributed by atoms with E-state index in [0.29, 0.717) is 22.1 Å². The number of aliphatic hydroxyl groups excluding tert-OH is 1. The molecule has 0 amide bonds. The van der Waals surface area contributed by atoms with E-state index in [2.05, 4.69) is 9.97 Å². The van der Waals surface area contributed by atoms with Gasteiger partial charge in [-0.25, -0.2) is 4.98 Å². The molecule has 7 heteroatoms. The third kappa shape index (κ3) is 2.51. The molecule has 1 aliphatic rings. The fourth-order valence-corrected chi connectivity index (χ4v) is 3.15. The Morgan fingerprint density at radius 3 is 2.80 bits per heavy atom. The molecule has 0 aliphatic carbocycles. The number of phenolic OH excluding ortho intramolecular Hbond substituents is 1. The van der Waals surface area contributed by atoms with Gasteiger partial charge in [0, 0.05) is 5.02 Å². The minimum atomic E-state index is -0.0107. The first-order chi connectivity index (χ1) is 11.9. The number of aliphatic hydroxyl groups is 1. The van der Waals surface area contributed by atoms with E-state index in [1.807, 2.05) is 25.1 Å². The molecule has 0 bridgehead atoms. The van der Waals surface area contributed by atoms with Gasteiger partial charge in [-0.1, -0.05) is 17.7 Å². The highest BCUT2D eigenvalue weighted by atomic mass is 35.5. The Kier molecular flexibility index (Phi) is 3.43. The van der Waals surface area contributed by atoms with Crippen LogP contribution in [0.25, 0.3) is 16.6 Å². The molecule has 1 aliphatic heterocycles. The maximum atomic E-state index is 10.4. The van der Waals surface area contributed by atoms with Crippen LogP contribution in [0.15, 0.2) is 42.2 Å². The Morgan fingerprint density at radius 1 is 1.20 bits per heavy atom. The predicted molar refractivity (Wildman–Crippen MR) is 98.6 cm³/mol. The van der Waals surface area contributed by atoms with Crippen LogP contribution < -0.4 is 4.90 Å². The van der Waals surface area contributed by atoms with Crippen molar-refractivity contribution in [2.24, 2.45) is 0 Å². The molecule has 126 valence electrons. The number of aromatic amines is 1. The van der Waals surface area contributed by atoms with Crippen molar-refractivity contribution in [3.05, 3.63) is 58.6 Å². The molecule has 1 aromatic heterocycles. The predicted octanol–water partition coefficient (Wildman–Crippen LogP) is 4.00. The average Bonchev–Trinajstić information content (AvgIpc) is 3.09. The first kappa shape index (κ1) is 15.5. The van der Waals surface area contributed by atoms with Gasteiger partial charge in [0.05, 0.1) is 28.8 Å². The normalized spacial score (nSPS) is 14.8. The van der Waals surface area contributed by atoms with Crippen LogP contribution in [0.3, 0.4) is 0 Å². The van der Waals surface area contributed by atoms with Crippen LogP contribution in [0.5, 0.6) is 5.75 Å². The van der Waals surface area contributed by atoms with Crippen LogP contribution in [0.4, 0.5) is 5.69 Å². The molecule has 0 atom stereocenters. The molecule has 0 unspecified atom stereocenters. The van der Waals surface area contributed by atoms with Gasteiger partial charge in [0.15, 0.2) is 0 Å². The van der Waals surface area contributed by atoms with Crippen molar-refractivity contribution >= 4 is 39.7 Å². The van der Waals surface area contributed by atoms with Crippen LogP contribution in [0.1, 0.15) is 11.4 Å². The highest BCUT2D eigenvalue weighted by molar-refractivity contribution is 6.32. The summed E-state index contributed by atoms with van der Waals surface area (Å²) in [7, 11) is 0.